The van der Waals surface area contributed by atoms with Crippen LogP contribution in [0.4, 0.5) is 0 Å². The van der Waals surface area contributed by atoms with Gasteiger partial charge in [0.1, 0.15) is 0 Å². The molecule has 2 aliphatic rings. The smallest absolute Gasteiger partial charge is 0.354 e. The molecule has 0 aromatic carbocycles. The van der Waals surface area contributed by atoms with Gasteiger partial charge in [-0.2, -0.15) is 5.10 Å². The van der Waals surface area contributed by atoms with Crippen LogP contribution in [0.2, 0.25) is 0 Å². The number of nitrogens with zero attached hydrogens (tertiary/aromatic N) is 2. The minimum absolute atomic E-state index is 0.222. The Morgan fingerprint density at radius 1 is 1.42 bits per heavy atom. The number of aromatic nitrogens is 2. The average molecular weight is 375 g/mol. The summed E-state index contributed by atoms with van der Waals surface area (Å²) in [5, 5.41) is 14.7. The van der Waals surface area contributed by atoms with Crippen LogP contribution in [0, 0.1) is 5.41 Å². The number of aromatic carboxylic acids is 1. The van der Waals surface area contributed by atoms with Gasteiger partial charge in [0, 0.05) is 11.1 Å². The summed E-state index contributed by atoms with van der Waals surface area (Å²) >= 11 is 3.83. The Hall–Kier alpha value is -1.79. The molecule has 0 aliphatic heterocycles. The molecule has 0 bridgehead atoms. The van der Waals surface area contributed by atoms with E-state index in [0.29, 0.717) is 5.70 Å². The van der Waals surface area contributed by atoms with Crippen molar-refractivity contribution >= 4 is 24.6 Å². The molecule has 1 saturated carbocycles. The van der Waals surface area contributed by atoms with Gasteiger partial charge in [-0.3, -0.25) is 0 Å². The fourth-order valence-electron chi connectivity index (χ4n) is 4.45. The van der Waals surface area contributed by atoms with Crippen molar-refractivity contribution in [2.24, 2.45) is 5.41 Å². The number of hydrogen-bond acceptors (Lipinski definition) is 4. The molecule has 5 nitrogen and oxygen atoms in total. The Bertz CT molecular complexity index is 770. The number of thiol groups is 1. The first kappa shape index (κ1) is 19.0. The van der Waals surface area contributed by atoms with E-state index in [1.54, 1.807) is 10.8 Å². The van der Waals surface area contributed by atoms with Crippen LogP contribution < -0.4 is 0 Å². The first-order valence-electron chi connectivity index (χ1n) is 9.14. The highest BCUT2D eigenvalue weighted by Gasteiger charge is 2.40. The topological polar surface area (TPSA) is 64.4 Å². The molecular weight excluding hydrogens is 348 g/mol. The van der Waals surface area contributed by atoms with Crippen LogP contribution in [0.25, 0.3) is 5.70 Å². The summed E-state index contributed by atoms with van der Waals surface area (Å²) in [6, 6.07) is 0. The predicted octanol–water partition coefficient (Wildman–Crippen LogP) is 4.47. The molecule has 0 atom stereocenters. The third kappa shape index (κ3) is 3.40. The van der Waals surface area contributed by atoms with E-state index in [4.69, 9.17) is 9.28 Å². The number of rotatable bonds is 6. The van der Waals surface area contributed by atoms with Crippen LogP contribution in [0.15, 0.2) is 30.4 Å². The van der Waals surface area contributed by atoms with Crippen molar-refractivity contribution in [3.05, 3.63) is 47.3 Å². The summed E-state index contributed by atoms with van der Waals surface area (Å²) in [6.07, 6.45) is 13.0. The lowest BCUT2D eigenvalue weighted by atomic mass is 9.71. The predicted molar refractivity (Wildman–Crippen MR) is 105 cm³/mol. The summed E-state index contributed by atoms with van der Waals surface area (Å²) < 4.78 is 6.53. The van der Waals surface area contributed by atoms with Crippen molar-refractivity contribution in [3.8, 4) is 0 Å². The van der Waals surface area contributed by atoms with Gasteiger partial charge in [-0.05, 0) is 63.4 Å². The maximum atomic E-state index is 12.2. The summed E-state index contributed by atoms with van der Waals surface area (Å²) in [7, 11) is 0. The normalized spacial score (nSPS) is 19.6. The molecule has 1 heterocycles. The monoisotopic (exact) mass is 374 g/mol. The molecule has 0 saturated heterocycles. The molecule has 1 spiro atoms. The maximum absolute atomic E-state index is 12.2. The third-order valence-electron chi connectivity index (χ3n) is 5.73. The second kappa shape index (κ2) is 7.84. The largest absolute Gasteiger partial charge is 0.476 e. The molecule has 0 radical (unpaired) electrons. The molecule has 140 valence electrons. The average Bonchev–Trinajstić information content (AvgIpc) is 3.22. The van der Waals surface area contributed by atoms with Crippen molar-refractivity contribution in [2.45, 2.75) is 51.9 Å². The van der Waals surface area contributed by atoms with Gasteiger partial charge in [-0.15, -0.1) is 0 Å². The van der Waals surface area contributed by atoms with Gasteiger partial charge in [0.15, 0.2) is 5.69 Å². The van der Waals surface area contributed by atoms with Gasteiger partial charge in [-0.25, -0.2) is 9.48 Å². The standard InChI is InChI=1S/C20H26N2O3S/c1-3-7-17(14(4-2)13-25-26)22-18(19(23)24)15-12-20(9-5-6-10-20)11-8-16(15)21-22/h3-4,7,26H,2,5-6,8-13H2,1H3,(H,23,24)/b7-3-,17-14-. The highest BCUT2D eigenvalue weighted by molar-refractivity contribution is 7.75. The van der Waals surface area contributed by atoms with E-state index in [9.17, 15) is 9.90 Å². The zero-order valence-corrected chi connectivity index (χ0v) is 16.1. The zero-order valence-electron chi connectivity index (χ0n) is 15.2. The van der Waals surface area contributed by atoms with Crippen molar-refractivity contribution < 1.29 is 14.1 Å². The summed E-state index contributed by atoms with van der Waals surface area (Å²) in [5.74, 6) is -0.939. The number of fused-ring (bicyclic) bond motifs is 1. The summed E-state index contributed by atoms with van der Waals surface area (Å²) in [4.78, 5) is 12.2. The first-order valence-corrected chi connectivity index (χ1v) is 9.51. The second-order valence-electron chi connectivity index (χ2n) is 7.26. The Morgan fingerprint density at radius 2 is 2.15 bits per heavy atom. The van der Waals surface area contributed by atoms with Gasteiger partial charge in [0.25, 0.3) is 0 Å². The number of aryl methyl sites for hydroxylation is 1. The fraction of sp³-hybridized carbons (Fsp3) is 0.500. The molecule has 2 aliphatic carbocycles. The molecule has 0 unspecified atom stereocenters. The molecule has 1 aromatic rings. The number of allylic oxidation sites excluding steroid dienone is 3. The second-order valence-corrected chi connectivity index (χ2v) is 7.52. The lowest BCUT2D eigenvalue weighted by Crippen LogP contribution is -2.26. The molecule has 0 amide bonds. The Morgan fingerprint density at radius 3 is 2.73 bits per heavy atom. The molecular formula is C20H26N2O3S. The van der Waals surface area contributed by atoms with Crippen molar-refractivity contribution in [1.82, 2.24) is 9.78 Å². The fourth-order valence-corrected chi connectivity index (χ4v) is 4.59. The van der Waals surface area contributed by atoms with Gasteiger partial charge in [0.05, 0.1) is 18.0 Å². The van der Waals surface area contributed by atoms with Gasteiger partial charge in [-0.1, -0.05) is 31.6 Å². The minimum atomic E-state index is -0.939. The van der Waals surface area contributed by atoms with E-state index in [0.717, 1.165) is 36.1 Å². The van der Waals surface area contributed by atoms with Crippen LogP contribution in [0.1, 0.15) is 60.8 Å². The van der Waals surface area contributed by atoms with Crippen LogP contribution in [0.3, 0.4) is 0 Å². The Kier molecular flexibility index (Phi) is 5.73. The van der Waals surface area contributed by atoms with Crippen LogP contribution in [0.5, 0.6) is 0 Å². The molecule has 6 heteroatoms. The molecule has 26 heavy (non-hydrogen) atoms. The molecule has 1 fully saturated rings. The van der Waals surface area contributed by atoms with E-state index < -0.39 is 5.97 Å². The zero-order chi connectivity index (χ0) is 18.7. The number of carboxylic acids is 1. The summed E-state index contributed by atoms with van der Waals surface area (Å²) in [5.41, 5.74) is 3.78. The lowest BCUT2D eigenvalue weighted by molar-refractivity contribution is 0.0685. The molecule has 3 rings (SSSR count). The van der Waals surface area contributed by atoms with Gasteiger partial charge < -0.3 is 9.29 Å². The molecule has 1 N–H and O–H groups in total. The lowest BCUT2D eigenvalue weighted by Gasteiger charge is -2.32. The highest BCUT2D eigenvalue weighted by atomic mass is 32.1. The van der Waals surface area contributed by atoms with Crippen LogP contribution in [-0.4, -0.2) is 27.5 Å². The van der Waals surface area contributed by atoms with E-state index >= 15 is 0 Å². The first-order chi connectivity index (χ1) is 12.5. The van der Waals surface area contributed by atoms with Crippen molar-refractivity contribution in [3.63, 3.8) is 0 Å². The Labute approximate surface area is 160 Å². The third-order valence-corrected chi connectivity index (χ3v) is 5.85. The van der Waals surface area contributed by atoms with E-state index in [1.165, 1.54) is 25.7 Å². The van der Waals surface area contributed by atoms with Crippen LogP contribution >= 0.6 is 12.9 Å². The quantitative estimate of drug-likeness (QED) is 0.438. The van der Waals surface area contributed by atoms with Gasteiger partial charge >= 0.3 is 5.97 Å². The van der Waals surface area contributed by atoms with E-state index in [1.807, 2.05) is 19.1 Å². The van der Waals surface area contributed by atoms with Gasteiger partial charge in [0.2, 0.25) is 0 Å². The summed E-state index contributed by atoms with van der Waals surface area (Å²) in [6.45, 7) is 5.94. The number of hydrogen-bond donors (Lipinski definition) is 2. The minimum Gasteiger partial charge on any atom is -0.476 e. The van der Waals surface area contributed by atoms with E-state index in [-0.39, 0.29) is 17.7 Å². The number of carboxylic acid groups (broad SMARTS) is 1. The highest BCUT2D eigenvalue weighted by Crippen LogP contribution is 2.48. The molecule has 1 aromatic heterocycles. The van der Waals surface area contributed by atoms with Crippen LogP contribution in [-0.2, 0) is 17.0 Å². The van der Waals surface area contributed by atoms with Crippen molar-refractivity contribution in [2.75, 3.05) is 6.61 Å². The SMILES string of the molecule is C=C/C(COS)=C(\C=C/C)n1nc2c(c1C(=O)O)CC1(CCCC1)CC2. The van der Waals surface area contributed by atoms with Crippen molar-refractivity contribution in [1.29, 1.82) is 0 Å². The maximum Gasteiger partial charge on any atom is 0.354 e. The Balaban J connectivity index is 2.15. The number of carbonyl (C=O) groups is 1. The van der Waals surface area contributed by atoms with E-state index in [2.05, 4.69) is 19.5 Å².